The number of benzene rings is 2. The summed E-state index contributed by atoms with van der Waals surface area (Å²) in [6.45, 7) is 20.9. The average Bonchev–Trinajstić information content (AvgIpc) is 3.23. The van der Waals surface area contributed by atoms with Gasteiger partial charge in [0, 0.05) is 42.2 Å². The highest BCUT2D eigenvalue weighted by Gasteiger charge is 2.64. The van der Waals surface area contributed by atoms with Gasteiger partial charge in [0.05, 0.1) is 23.7 Å². The van der Waals surface area contributed by atoms with Crippen molar-refractivity contribution in [2.45, 2.75) is 122 Å². The second-order valence-corrected chi connectivity index (χ2v) is 22.2. The number of nitriles is 1. The first-order valence-corrected chi connectivity index (χ1v) is 21.0. The summed E-state index contributed by atoms with van der Waals surface area (Å²) in [5.41, 5.74) is -2.04. The lowest BCUT2D eigenvalue weighted by Gasteiger charge is -2.40. The predicted molar refractivity (Wildman–Crippen MR) is 199 cm³/mol. The Morgan fingerprint density at radius 1 is 1.06 bits per heavy atom. The van der Waals surface area contributed by atoms with Crippen LogP contribution >= 0.6 is 23.2 Å². The third-order valence-corrected chi connectivity index (χ3v) is 15.1. The molecule has 0 radical (unpaired) electrons. The number of ether oxygens (including phenoxy) is 1. The number of aliphatic hydroxyl groups is 1. The third-order valence-electron chi connectivity index (χ3n) is 9.99. The molecule has 3 rings (SSSR count). The molecule has 1 aliphatic rings. The summed E-state index contributed by atoms with van der Waals surface area (Å²) in [6, 6.07) is 9.33. The van der Waals surface area contributed by atoms with E-state index in [1.165, 1.54) is 24.3 Å². The fourth-order valence-electron chi connectivity index (χ4n) is 6.60. The van der Waals surface area contributed by atoms with Crippen molar-refractivity contribution in [2.24, 2.45) is 5.41 Å². The molecule has 50 heavy (non-hydrogen) atoms. The summed E-state index contributed by atoms with van der Waals surface area (Å²) in [6.07, 6.45) is 1.48. The topological polar surface area (TPSA) is 94.8 Å². The van der Waals surface area contributed by atoms with Gasteiger partial charge in [-0.2, -0.15) is 5.26 Å². The van der Waals surface area contributed by atoms with Crippen LogP contribution in [0.3, 0.4) is 0 Å². The first-order chi connectivity index (χ1) is 23.0. The number of carbonyl (C=O) groups excluding carboxylic acids is 1. The van der Waals surface area contributed by atoms with E-state index in [0.29, 0.717) is 19.3 Å². The monoisotopic (exact) mass is 753 g/mol. The second-order valence-electron chi connectivity index (χ2n) is 16.6. The lowest BCUT2D eigenvalue weighted by Crippen LogP contribution is -2.51. The van der Waals surface area contributed by atoms with Gasteiger partial charge in [0.1, 0.15) is 17.0 Å². The Hall–Kier alpha value is -2.10. The van der Waals surface area contributed by atoms with Crippen LogP contribution in [0.25, 0.3) is 0 Å². The van der Waals surface area contributed by atoms with Crippen LogP contribution in [0.4, 0.5) is 8.78 Å². The lowest BCUT2D eigenvalue weighted by atomic mass is 9.62. The highest BCUT2D eigenvalue weighted by Crippen LogP contribution is 2.56. The first-order valence-electron chi connectivity index (χ1n) is 17.3. The Morgan fingerprint density at radius 2 is 1.72 bits per heavy atom. The van der Waals surface area contributed by atoms with E-state index in [2.05, 4.69) is 45.3 Å². The van der Waals surface area contributed by atoms with Gasteiger partial charge in [-0.1, -0.05) is 82.9 Å². The summed E-state index contributed by atoms with van der Waals surface area (Å²) >= 11 is 12.6. The second kappa shape index (κ2) is 16.3. The number of hydrogen-bond acceptors (Lipinski definition) is 6. The van der Waals surface area contributed by atoms with E-state index in [-0.39, 0.29) is 52.5 Å². The van der Waals surface area contributed by atoms with E-state index in [0.717, 1.165) is 6.07 Å². The summed E-state index contributed by atoms with van der Waals surface area (Å²) in [5, 5.41) is 24.2. The molecule has 1 fully saturated rings. The van der Waals surface area contributed by atoms with Gasteiger partial charge in [-0.15, -0.1) is 0 Å². The van der Waals surface area contributed by atoms with Gasteiger partial charge in [-0.3, -0.25) is 9.69 Å². The Labute approximate surface area is 308 Å². The summed E-state index contributed by atoms with van der Waals surface area (Å²) in [4.78, 5) is 16.5. The van der Waals surface area contributed by atoms with Crippen LogP contribution in [0.5, 0.6) is 0 Å². The molecule has 2 aromatic rings. The Balaban J connectivity index is 2.26. The molecule has 1 amide bonds. The van der Waals surface area contributed by atoms with Crippen LogP contribution < -0.4 is 5.32 Å². The van der Waals surface area contributed by atoms with Crippen LogP contribution in [0.2, 0.25) is 28.2 Å². The van der Waals surface area contributed by atoms with Gasteiger partial charge in [0.25, 0.3) is 0 Å². The van der Waals surface area contributed by atoms with E-state index < -0.39 is 60.5 Å². The average molecular weight is 755 g/mol. The number of carbonyl (C=O) groups is 1. The minimum absolute atomic E-state index is 0.0393. The fourth-order valence-corrected chi connectivity index (χ4v) is 7.97. The van der Waals surface area contributed by atoms with Crippen molar-refractivity contribution < 1.29 is 27.8 Å². The number of likely N-dealkylation sites (tertiary alicyclic amines) is 1. The number of rotatable bonds is 14. The van der Waals surface area contributed by atoms with E-state index in [1.54, 1.807) is 19.9 Å². The molecule has 1 unspecified atom stereocenters. The molecular weight excluding hydrogens is 699 g/mol. The van der Waals surface area contributed by atoms with E-state index in [9.17, 15) is 15.2 Å². The quantitative estimate of drug-likeness (QED) is 0.114. The zero-order valence-corrected chi connectivity index (χ0v) is 33.7. The van der Waals surface area contributed by atoms with Crippen molar-refractivity contribution in [3.63, 3.8) is 0 Å². The molecule has 2 N–H and O–H groups in total. The van der Waals surface area contributed by atoms with E-state index >= 15 is 8.78 Å². The molecule has 2 aromatic carbocycles. The maximum atomic E-state index is 16.3. The molecule has 4 atom stereocenters. The van der Waals surface area contributed by atoms with Crippen LogP contribution in [-0.4, -0.2) is 68.4 Å². The van der Waals surface area contributed by atoms with Gasteiger partial charge >= 0.3 is 0 Å². The standard InChI is InChI=1S/C38H55Cl2F2N3O4Si/c1-35(2,3)23-30-38(24-43,27-17-16-25(39)22-29(27)41)31(26-14-13-15-28(40)32(26)42)33(34(46)44-18-11-12-20-48-37(7,8)47)45(30)19-21-49-50(9,10)36(4,5)6/h13-17,22,30-31,33,47H,11-12,18-21,23H2,1-10H3,(H,44,46)/t30-,31?,33+,38-/m0/s1. The molecule has 0 bridgehead atoms. The molecule has 0 aliphatic carbocycles. The largest absolute Gasteiger partial charge is 0.416 e. The van der Waals surface area contributed by atoms with Crippen molar-refractivity contribution in [1.29, 1.82) is 5.26 Å². The Morgan fingerprint density at radius 3 is 2.28 bits per heavy atom. The summed E-state index contributed by atoms with van der Waals surface area (Å²) < 4.78 is 44.6. The maximum absolute atomic E-state index is 16.3. The van der Waals surface area contributed by atoms with Crippen LogP contribution in [0.15, 0.2) is 36.4 Å². The molecule has 0 aromatic heterocycles. The molecule has 0 spiro atoms. The zero-order chi connectivity index (χ0) is 37.9. The number of halogens is 4. The molecule has 1 heterocycles. The molecule has 1 saturated heterocycles. The first kappa shape index (κ1) is 42.3. The van der Waals surface area contributed by atoms with Crippen molar-refractivity contribution in [1.82, 2.24) is 10.2 Å². The minimum Gasteiger partial charge on any atom is -0.416 e. The van der Waals surface area contributed by atoms with Crippen molar-refractivity contribution in [3.05, 3.63) is 69.2 Å². The van der Waals surface area contributed by atoms with Crippen molar-refractivity contribution in [3.8, 4) is 6.07 Å². The van der Waals surface area contributed by atoms with Gasteiger partial charge in [-0.25, -0.2) is 8.78 Å². The molecule has 278 valence electrons. The van der Waals surface area contributed by atoms with Crippen molar-refractivity contribution in [2.75, 3.05) is 26.3 Å². The maximum Gasteiger partial charge on any atom is 0.238 e. The minimum atomic E-state index is -2.24. The van der Waals surface area contributed by atoms with E-state index in [1.807, 2.05) is 25.7 Å². The smallest absolute Gasteiger partial charge is 0.238 e. The zero-order valence-electron chi connectivity index (χ0n) is 31.2. The number of nitrogens with zero attached hydrogens (tertiary/aromatic N) is 2. The van der Waals surface area contributed by atoms with Gasteiger partial charge in [0.2, 0.25) is 5.91 Å². The van der Waals surface area contributed by atoms with Crippen molar-refractivity contribution >= 4 is 37.4 Å². The van der Waals surface area contributed by atoms with Crippen LogP contribution in [0, 0.1) is 28.4 Å². The third kappa shape index (κ3) is 9.85. The summed E-state index contributed by atoms with van der Waals surface area (Å²) in [5.74, 6) is -4.33. The lowest BCUT2D eigenvalue weighted by molar-refractivity contribution is -0.176. The molecule has 12 heteroatoms. The van der Waals surface area contributed by atoms with Crippen LogP contribution in [-0.2, 0) is 19.4 Å². The number of hydrogen-bond donors (Lipinski definition) is 2. The van der Waals surface area contributed by atoms with E-state index in [4.69, 9.17) is 32.4 Å². The SMILES string of the molecule is CC(C)(C)C[C@@H]1N(CCO[Si](C)(C)C(C)(C)C)[C@@H](C(=O)NCCCCOC(C)(C)O)C(c2cccc(Cl)c2F)[C@@]1(C#N)c1ccc(Cl)cc1F. The highest BCUT2D eigenvalue weighted by atomic mass is 35.5. The normalized spacial score (nSPS) is 22.1. The summed E-state index contributed by atoms with van der Waals surface area (Å²) in [7, 11) is -2.24. The number of amides is 1. The fraction of sp³-hybridized carbons (Fsp3) is 0.632. The molecule has 1 aliphatic heterocycles. The van der Waals surface area contributed by atoms with Gasteiger partial charge in [0.15, 0.2) is 14.1 Å². The predicted octanol–water partition coefficient (Wildman–Crippen LogP) is 8.97. The highest BCUT2D eigenvalue weighted by molar-refractivity contribution is 6.74. The Bertz CT molecular complexity index is 1530. The van der Waals surface area contributed by atoms with Gasteiger partial charge in [-0.05, 0) is 80.4 Å². The molecule has 7 nitrogen and oxygen atoms in total. The molecule has 0 saturated carbocycles. The number of nitrogens with one attached hydrogen (secondary N) is 1. The van der Waals surface area contributed by atoms with Gasteiger partial charge < -0.3 is 19.6 Å². The number of unbranched alkanes of at least 4 members (excludes halogenated alkanes) is 1. The Kier molecular flexibility index (Phi) is 13.8. The molecular formula is C38H55Cl2F2N3O4Si. The van der Waals surface area contributed by atoms with Crippen LogP contribution in [0.1, 0.15) is 91.7 Å².